The molecule has 1 saturated heterocycles. The maximum Gasteiger partial charge on any atom is 0.573 e. The van der Waals surface area contributed by atoms with Crippen molar-refractivity contribution < 1.29 is 22.7 Å². The molecule has 0 spiro atoms. The molecule has 1 amide bonds. The van der Waals surface area contributed by atoms with Crippen molar-refractivity contribution in [3.05, 3.63) is 29.8 Å². The van der Waals surface area contributed by atoms with E-state index in [1.165, 1.54) is 24.3 Å². The van der Waals surface area contributed by atoms with E-state index < -0.39 is 11.8 Å². The van der Waals surface area contributed by atoms with Gasteiger partial charge in [-0.15, -0.1) is 13.2 Å². The predicted octanol–water partition coefficient (Wildman–Crippen LogP) is 2.20. The highest BCUT2D eigenvalue weighted by atomic mass is 19.4. The van der Waals surface area contributed by atoms with Gasteiger partial charge < -0.3 is 15.4 Å². The number of ether oxygens (including phenoxy) is 1. The van der Waals surface area contributed by atoms with Crippen molar-refractivity contribution in [3.8, 4) is 5.75 Å². The first-order valence-corrected chi connectivity index (χ1v) is 6.62. The van der Waals surface area contributed by atoms with Gasteiger partial charge in [0.2, 0.25) is 5.91 Å². The second kappa shape index (κ2) is 5.93. The lowest BCUT2D eigenvalue weighted by atomic mass is 9.89. The zero-order valence-corrected chi connectivity index (χ0v) is 11.6. The van der Waals surface area contributed by atoms with Gasteiger partial charge in [-0.1, -0.05) is 12.1 Å². The number of carbonyl (C=O) groups is 1. The quantitative estimate of drug-likeness (QED) is 0.896. The normalized spacial score (nSPS) is 22.1. The van der Waals surface area contributed by atoms with Crippen LogP contribution in [0.25, 0.3) is 0 Å². The molecular weight excluding hydrogens is 285 g/mol. The second-order valence-corrected chi connectivity index (χ2v) is 5.36. The number of carbonyl (C=O) groups excluding carboxylic acids is 1. The highest BCUT2D eigenvalue weighted by molar-refractivity contribution is 5.82. The number of hydrogen-bond acceptors (Lipinski definition) is 3. The van der Waals surface area contributed by atoms with Crippen LogP contribution in [0.1, 0.15) is 18.9 Å². The van der Waals surface area contributed by atoms with Gasteiger partial charge in [0.05, 0.1) is 5.41 Å². The van der Waals surface area contributed by atoms with Gasteiger partial charge in [-0.05, 0) is 37.6 Å². The Labute approximate surface area is 120 Å². The molecule has 2 N–H and O–H groups in total. The summed E-state index contributed by atoms with van der Waals surface area (Å²) in [6.45, 7) is 3.62. The summed E-state index contributed by atoms with van der Waals surface area (Å²) < 4.78 is 39.9. The van der Waals surface area contributed by atoms with Gasteiger partial charge in [-0.2, -0.15) is 0 Å². The molecule has 0 aliphatic carbocycles. The van der Waals surface area contributed by atoms with Crippen LogP contribution >= 0.6 is 0 Å². The van der Waals surface area contributed by atoms with Gasteiger partial charge in [0.25, 0.3) is 0 Å². The van der Waals surface area contributed by atoms with E-state index in [0.29, 0.717) is 12.1 Å². The van der Waals surface area contributed by atoms with Crippen LogP contribution in [-0.2, 0) is 11.3 Å². The Morgan fingerprint density at radius 1 is 1.38 bits per heavy atom. The topological polar surface area (TPSA) is 50.4 Å². The van der Waals surface area contributed by atoms with Crippen LogP contribution in [0, 0.1) is 5.41 Å². The molecule has 2 rings (SSSR count). The van der Waals surface area contributed by atoms with Crippen LogP contribution in [-0.4, -0.2) is 25.4 Å². The second-order valence-electron chi connectivity index (χ2n) is 5.36. The first-order chi connectivity index (χ1) is 9.78. The molecule has 21 heavy (non-hydrogen) atoms. The fourth-order valence-electron chi connectivity index (χ4n) is 2.22. The first kappa shape index (κ1) is 15.6. The van der Waals surface area contributed by atoms with Crippen LogP contribution in [0.2, 0.25) is 0 Å². The minimum absolute atomic E-state index is 0.0527. The smallest absolute Gasteiger partial charge is 0.406 e. The Morgan fingerprint density at radius 3 is 2.57 bits per heavy atom. The van der Waals surface area contributed by atoms with Gasteiger partial charge in [0, 0.05) is 13.1 Å². The number of benzene rings is 1. The standard InChI is InChI=1S/C14H17F3N2O2/c1-13(6-7-18-9-13)12(20)19-8-10-2-4-11(5-3-10)21-14(15,16)17/h2-5,18H,6-9H2,1H3,(H,19,20). The molecule has 0 bridgehead atoms. The fraction of sp³-hybridized carbons (Fsp3) is 0.500. The highest BCUT2D eigenvalue weighted by Gasteiger charge is 2.36. The minimum atomic E-state index is -4.69. The molecule has 0 aromatic heterocycles. The van der Waals surface area contributed by atoms with Gasteiger partial charge >= 0.3 is 6.36 Å². The van der Waals surface area contributed by atoms with Crippen molar-refractivity contribution in [3.63, 3.8) is 0 Å². The van der Waals surface area contributed by atoms with E-state index in [-0.39, 0.29) is 18.2 Å². The van der Waals surface area contributed by atoms with E-state index in [2.05, 4.69) is 15.4 Å². The van der Waals surface area contributed by atoms with Crippen LogP contribution < -0.4 is 15.4 Å². The minimum Gasteiger partial charge on any atom is -0.406 e. The molecule has 1 unspecified atom stereocenters. The molecular formula is C14H17F3N2O2. The average Bonchev–Trinajstić information content (AvgIpc) is 2.84. The van der Waals surface area contributed by atoms with Gasteiger partial charge in [0.15, 0.2) is 0 Å². The molecule has 4 nitrogen and oxygen atoms in total. The maximum atomic E-state index is 12.1. The molecule has 1 aliphatic heterocycles. The Bertz CT molecular complexity index is 494. The summed E-state index contributed by atoms with van der Waals surface area (Å²) in [5, 5.41) is 5.94. The van der Waals surface area contributed by atoms with Crippen molar-refractivity contribution in [2.75, 3.05) is 13.1 Å². The summed E-state index contributed by atoms with van der Waals surface area (Å²) in [6.07, 6.45) is -3.92. The summed E-state index contributed by atoms with van der Waals surface area (Å²) in [4.78, 5) is 12.1. The van der Waals surface area contributed by atoms with E-state index in [1.54, 1.807) is 0 Å². The molecule has 0 radical (unpaired) electrons. The fourth-order valence-corrected chi connectivity index (χ4v) is 2.22. The lowest BCUT2D eigenvalue weighted by molar-refractivity contribution is -0.274. The number of nitrogens with one attached hydrogen (secondary N) is 2. The summed E-state index contributed by atoms with van der Waals surface area (Å²) in [5.41, 5.74) is 0.298. The molecule has 1 aromatic rings. The zero-order valence-electron chi connectivity index (χ0n) is 11.6. The number of rotatable bonds is 4. The van der Waals surface area contributed by atoms with Gasteiger partial charge in [0.1, 0.15) is 5.75 Å². The number of amides is 1. The van der Waals surface area contributed by atoms with Crippen LogP contribution in [0.15, 0.2) is 24.3 Å². The van der Waals surface area contributed by atoms with E-state index >= 15 is 0 Å². The summed E-state index contributed by atoms with van der Waals surface area (Å²) in [5.74, 6) is -0.326. The van der Waals surface area contributed by atoms with Crippen molar-refractivity contribution in [2.45, 2.75) is 26.3 Å². The third-order valence-electron chi connectivity index (χ3n) is 3.53. The predicted molar refractivity (Wildman–Crippen MR) is 70.6 cm³/mol. The van der Waals surface area contributed by atoms with Crippen molar-refractivity contribution in [1.82, 2.24) is 10.6 Å². The summed E-state index contributed by atoms with van der Waals surface area (Å²) in [6, 6.07) is 5.45. The van der Waals surface area contributed by atoms with E-state index in [1.807, 2.05) is 6.92 Å². The molecule has 1 fully saturated rings. The lowest BCUT2D eigenvalue weighted by Crippen LogP contribution is -2.39. The van der Waals surface area contributed by atoms with Crippen LogP contribution in [0.3, 0.4) is 0 Å². The molecule has 1 heterocycles. The molecule has 1 atom stereocenters. The Balaban J connectivity index is 1.87. The lowest BCUT2D eigenvalue weighted by Gasteiger charge is -2.21. The van der Waals surface area contributed by atoms with Gasteiger partial charge in [-0.3, -0.25) is 4.79 Å². The SMILES string of the molecule is CC1(C(=O)NCc2ccc(OC(F)(F)F)cc2)CCNC1. The molecule has 1 aromatic carbocycles. The van der Waals surface area contributed by atoms with E-state index in [0.717, 1.165) is 13.0 Å². The molecule has 1 aliphatic rings. The van der Waals surface area contributed by atoms with Crippen molar-refractivity contribution in [1.29, 1.82) is 0 Å². The Morgan fingerprint density at radius 2 is 2.05 bits per heavy atom. The first-order valence-electron chi connectivity index (χ1n) is 6.62. The molecule has 7 heteroatoms. The zero-order chi connectivity index (χ0) is 15.5. The third-order valence-corrected chi connectivity index (χ3v) is 3.53. The highest BCUT2D eigenvalue weighted by Crippen LogP contribution is 2.25. The molecule has 0 saturated carbocycles. The van der Waals surface area contributed by atoms with Gasteiger partial charge in [-0.25, -0.2) is 0 Å². The Hall–Kier alpha value is -1.76. The number of alkyl halides is 3. The summed E-state index contributed by atoms with van der Waals surface area (Å²) >= 11 is 0. The maximum absolute atomic E-state index is 12.1. The van der Waals surface area contributed by atoms with E-state index in [9.17, 15) is 18.0 Å². The van der Waals surface area contributed by atoms with E-state index in [4.69, 9.17) is 0 Å². The van der Waals surface area contributed by atoms with Crippen LogP contribution in [0.5, 0.6) is 5.75 Å². The van der Waals surface area contributed by atoms with Crippen LogP contribution in [0.4, 0.5) is 13.2 Å². The largest absolute Gasteiger partial charge is 0.573 e. The van der Waals surface area contributed by atoms with Crippen molar-refractivity contribution in [2.24, 2.45) is 5.41 Å². The molecule has 116 valence electrons. The third kappa shape index (κ3) is 4.35. The monoisotopic (exact) mass is 302 g/mol. The number of hydrogen-bond donors (Lipinski definition) is 2. The number of halogens is 3. The average molecular weight is 302 g/mol. The van der Waals surface area contributed by atoms with Crippen molar-refractivity contribution >= 4 is 5.91 Å². The Kier molecular flexibility index (Phi) is 4.41. The summed E-state index contributed by atoms with van der Waals surface area (Å²) in [7, 11) is 0.